The number of hydrogen-bond donors (Lipinski definition) is 0. The third kappa shape index (κ3) is 1.63. The molecule has 0 aromatic carbocycles. The molecule has 3 aromatic heterocycles. The van der Waals surface area contributed by atoms with Crippen molar-refractivity contribution in [2.24, 2.45) is 0 Å². The Labute approximate surface area is 102 Å². The summed E-state index contributed by atoms with van der Waals surface area (Å²) >= 11 is 1.65. The molecule has 0 unspecified atom stereocenters. The molecule has 0 N–H and O–H groups in total. The molecule has 0 spiro atoms. The van der Waals surface area contributed by atoms with E-state index in [4.69, 9.17) is 4.52 Å². The highest BCUT2D eigenvalue weighted by atomic mass is 32.1. The van der Waals surface area contributed by atoms with Crippen LogP contribution in [-0.4, -0.2) is 15.1 Å². The third-order valence-electron chi connectivity index (χ3n) is 2.68. The van der Waals surface area contributed by atoms with E-state index in [0.29, 0.717) is 0 Å². The quantitative estimate of drug-likeness (QED) is 0.660. The molecule has 0 aliphatic rings. The fraction of sp³-hybridized carbons (Fsp3) is 0.250. The molecule has 5 heteroatoms. The Hall–Kier alpha value is -1.75. The number of aryl methyl sites for hydroxylation is 3. The molecule has 3 rings (SSSR count). The van der Waals surface area contributed by atoms with E-state index in [1.165, 1.54) is 0 Å². The average Bonchev–Trinajstić information content (AvgIpc) is 2.80. The van der Waals surface area contributed by atoms with Gasteiger partial charge in [-0.2, -0.15) is 0 Å². The molecule has 0 fully saturated rings. The topological polar surface area (TPSA) is 51.8 Å². The highest BCUT2D eigenvalue weighted by molar-refractivity contribution is 7.18. The average molecular weight is 245 g/mol. The van der Waals surface area contributed by atoms with Crippen LogP contribution in [0.15, 0.2) is 16.8 Å². The minimum atomic E-state index is 0.808. The lowest BCUT2D eigenvalue weighted by molar-refractivity contribution is 0.393. The van der Waals surface area contributed by atoms with Crippen molar-refractivity contribution in [3.05, 3.63) is 28.7 Å². The van der Waals surface area contributed by atoms with Crippen molar-refractivity contribution >= 4 is 21.7 Å². The summed E-state index contributed by atoms with van der Waals surface area (Å²) in [5.41, 5.74) is 3.77. The van der Waals surface area contributed by atoms with Crippen molar-refractivity contribution in [1.29, 1.82) is 0 Å². The fourth-order valence-corrected chi connectivity index (χ4v) is 2.79. The van der Waals surface area contributed by atoms with Gasteiger partial charge in [-0.05, 0) is 26.8 Å². The number of hydrogen-bond acceptors (Lipinski definition) is 5. The number of pyridine rings is 1. The first-order chi connectivity index (χ1) is 8.15. The predicted octanol–water partition coefficient (Wildman–Crippen LogP) is 3.27. The molecule has 0 bridgehead atoms. The molecule has 0 saturated carbocycles. The number of thiazole rings is 1. The minimum absolute atomic E-state index is 0.808. The molecule has 0 amide bonds. The Morgan fingerprint density at radius 2 is 2.06 bits per heavy atom. The lowest BCUT2D eigenvalue weighted by Gasteiger charge is -1.98. The Balaban J connectivity index is 2.24. The van der Waals surface area contributed by atoms with Crippen molar-refractivity contribution in [2.75, 3.05) is 0 Å². The van der Waals surface area contributed by atoms with Crippen LogP contribution in [0.1, 0.15) is 16.5 Å². The zero-order valence-corrected chi connectivity index (χ0v) is 10.6. The van der Waals surface area contributed by atoms with E-state index in [2.05, 4.69) is 21.2 Å². The lowest BCUT2D eigenvalue weighted by Crippen LogP contribution is -1.84. The van der Waals surface area contributed by atoms with Gasteiger partial charge in [0.15, 0.2) is 5.65 Å². The number of nitrogens with zero attached hydrogens (tertiary/aromatic N) is 3. The van der Waals surface area contributed by atoms with Crippen LogP contribution >= 0.6 is 11.3 Å². The summed E-state index contributed by atoms with van der Waals surface area (Å²) in [6, 6.07) is 2.10. The molecule has 0 radical (unpaired) electrons. The van der Waals surface area contributed by atoms with Gasteiger partial charge in [0.05, 0.1) is 15.4 Å². The van der Waals surface area contributed by atoms with E-state index in [9.17, 15) is 0 Å². The van der Waals surface area contributed by atoms with Crippen molar-refractivity contribution in [1.82, 2.24) is 15.1 Å². The largest absolute Gasteiger partial charge is 0.361 e. The predicted molar refractivity (Wildman–Crippen MR) is 67.1 cm³/mol. The minimum Gasteiger partial charge on any atom is -0.361 e. The summed E-state index contributed by atoms with van der Waals surface area (Å²) in [6.45, 7) is 5.84. The Morgan fingerprint density at radius 3 is 2.76 bits per heavy atom. The van der Waals surface area contributed by atoms with E-state index < -0.39 is 0 Å². The van der Waals surface area contributed by atoms with Crippen LogP contribution in [-0.2, 0) is 0 Å². The number of fused-ring (bicyclic) bond motifs is 1. The summed E-state index contributed by atoms with van der Waals surface area (Å²) in [5.74, 6) is 0.824. The van der Waals surface area contributed by atoms with Gasteiger partial charge in [-0.15, -0.1) is 11.3 Å². The summed E-state index contributed by atoms with van der Waals surface area (Å²) in [4.78, 5) is 8.72. The Bertz CT molecular complexity index is 679. The first-order valence-electron chi connectivity index (χ1n) is 5.31. The first kappa shape index (κ1) is 10.4. The van der Waals surface area contributed by atoms with E-state index in [1.54, 1.807) is 11.3 Å². The highest BCUT2D eigenvalue weighted by Gasteiger charge is 2.13. The highest BCUT2D eigenvalue weighted by Crippen LogP contribution is 2.30. The van der Waals surface area contributed by atoms with E-state index in [1.807, 2.05) is 27.0 Å². The second-order valence-electron chi connectivity index (χ2n) is 3.98. The Kier molecular flexibility index (Phi) is 2.22. The van der Waals surface area contributed by atoms with Crippen molar-refractivity contribution in [3.8, 4) is 11.1 Å². The van der Waals surface area contributed by atoms with Gasteiger partial charge in [-0.1, -0.05) is 5.16 Å². The maximum atomic E-state index is 5.18. The van der Waals surface area contributed by atoms with E-state index in [0.717, 1.165) is 37.9 Å². The molecule has 86 valence electrons. The van der Waals surface area contributed by atoms with Gasteiger partial charge in [0.25, 0.3) is 0 Å². The fourth-order valence-electron chi connectivity index (χ4n) is 1.96. The molecular weight excluding hydrogens is 234 g/mol. The summed E-state index contributed by atoms with van der Waals surface area (Å²) in [7, 11) is 0. The second kappa shape index (κ2) is 3.63. The summed E-state index contributed by atoms with van der Waals surface area (Å²) in [5, 5.41) is 4.99. The maximum absolute atomic E-state index is 5.18. The van der Waals surface area contributed by atoms with E-state index >= 15 is 0 Å². The van der Waals surface area contributed by atoms with Gasteiger partial charge in [0, 0.05) is 17.3 Å². The van der Waals surface area contributed by atoms with Crippen LogP contribution in [0.5, 0.6) is 0 Å². The zero-order valence-electron chi connectivity index (χ0n) is 9.81. The van der Waals surface area contributed by atoms with Gasteiger partial charge < -0.3 is 4.52 Å². The molecule has 0 saturated heterocycles. The van der Waals surface area contributed by atoms with E-state index in [-0.39, 0.29) is 0 Å². The zero-order chi connectivity index (χ0) is 12.0. The first-order valence-corrected chi connectivity index (χ1v) is 6.13. The molecule has 0 aliphatic heterocycles. The lowest BCUT2D eigenvalue weighted by atomic mass is 10.1. The molecule has 17 heavy (non-hydrogen) atoms. The van der Waals surface area contributed by atoms with Crippen molar-refractivity contribution in [3.63, 3.8) is 0 Å². The SMILES string of the molecule is Cc1nc2ncc(-c3c(C)noc3C)cc2s1. The van der Waals surface area contributed by atoms with Crippen LogP contribution in [0, 0.1) is 20.8 Å². The van der Waals surface area contributed by atoms with Gasteiger partial charge in [-0.25, -0.2) is 9.97 Å². The maximum Gasteiger partial charge on any atom is 0.170 e. The third-order valence-corrected chi connectivity index (χ3v) is 3.58. The number of rotatable bonds is 1. The van der Waals surface area contributed by atoms with Gasteiger partial charge >= 0.3 is 0 Å². The number of aromatic nitrogens is 3. The van der Waals surface area contributed by atoms with Crippen LogP contribution < -0.4 is 0 Å². The summed E-state index contributed by atoms with van der Waals surface area (Å²) < 4.78 is 6.27. The molecule has 0 atom stereocenters. The monoisotopic (exact) mass is 245 g/mol. The van der Waals surface area contributed by atoms with Crippen LogP contribution in [0.2, 0.25) is 0 Å². The van der Waals surface area contributed by atoms with Gasteiger partial charge in [0.1, 0.15) is 5.76 Å². The van der Waals surface area contributed by atoms with Gasteiger partial charge in [-0.3, -0.25) is 0 Å². The molecule has 3 aromatic rings. The van der Waals surface area contributed by atoms with Gasteiger partial charge in [0.2, 0.25) is 0 Å². The molecular formula is C12H11N3OS. The standard InChI is InChI=1S/C12H11N3OS/c1-6-11(7(2)16-15-6)9-4-10-12(13-5-9)14-8(3)17-10/h4-5H,1-3H3. The Morgan fingerprint density at radius 1 is 1.24 bits per heavy atom. The summed E-state index contributed by atoms with van der Waals surface area (Å²) in [6.07, 6.45) is 1.83. The molecule has 0 aliphatic carbocycles. The van der Waals surface area contributed by atoms with Crippen LogP contribution in [0.25, 0.3) is 21.5 Å². The van der Waals surface area contributed by atoms with Crippen LogP contribution in [0.3, 0.4) is 0 Å². The van der Waals surface area contributed by atoms with Crippen molar-refractivity contribution in [2.45, 2.75) is 20.8 Å². The smallest absolute Gasteiger partial charge is 0.170 e. The molecule has 3 heterocycles. The second-order valence-corrected chi connectivity index (χ2v) is 5.21. The van der Waals surface area contributed by atoms with Crippen molar-refractivity contribution < 1.29 is 4.52 Å². The normalized spacial score (nSPS) is 11.2. The van der Waals surface area contributed by atoms with Crippen LogP contribution in [0.4, 0.5) is 0 Å². The molecule has 4 nitrogen and oxygen atoms in total.